The molecule has 0 atom stereocenters. The molecule has 2 heterocycles. The maximum atomic E-state index is 14.7. The van der Waals surface area contributed by atoms with Crippen molar-refractivity contribution in [1.82, 2.24) is 20.1 Å². The number of hydrogen-bond donors (Lipinski definition) is 2. The Kier molecular flexibility index (Phi) is 8.67. The van der Waals surface area contributed by atoms with Crippen molar-refractivity contribution in [2.75, 3.05) is 27.7 Å². The molecule has 1 aromatic heterocycles. The fourth-order valence-electron chi connectivity index (χ4n) is 4.74. The number of hydrogen-bond acceptors (Lipinski definition) is 3. The molecule has 3 aromatic rings. The van der Waals surface area contributed by atoms with Crippen molar-refractivity contribution in [3.05, 3.63) is 126 Å². The third kappa shape index (κ3) is 6.13. The minimum Gasteiger partial charge on any atom is -0.383 e. The van der Waals surface area contributed by atoms with Gasteiger partial charge in [-0.2, -0.15) is 0 Å². The molecule has 0 unspecified atom stereocenters. The first-order valence-electron chi connectivity index (χ1n) is 13.1. The highest BCUT2D eigenvalue weighted by Gasteiger charge is 2.27. The largest absolute Gasteiger partial charge is 0.383 e. The van der Waals surface area contributed by atoms with Crippen molar-refractivity contribution < 1.29 is 8.78 Å². The fourth-order valence-corrected chi connectivity index (χ4v) is 4.74. The number of nitrogens with zero attached hydrogens (tertiary/aromatic N) is 2. The number of aromatic nitrogens is 1. The average molecular weight is 527 g/mol. The Hall–Kier alpha value is -4.16. The quantitative estimate of drug-likeness (QED) is 0.213. The Morgan fingerprint density at radius 1 is 1.08 bits per heavy atom. The molecule has 39 heavy (non-hydrogen) atoms. The standard InChI is InChI=1S/C33H36F2N4/c1-7-10-26(29(20-38(4)5)24-12-9-11-23(16-24)19-36-15-8-2)30-21-39(6)22(3)33-28(30)18-32(37-33)27-14-13-25(34)17-31(27)35/h7,9-14,16-18,20-21,36-37H,1,3,8,15,19H2,2,4-6H3/b26-10+,29-20-. The van der Waals surface area contributed by atoms with E-state index in [1.54, 1.807) is 6.08 Å². The lowest BCUT2D eigenvalue weighted by molar-refractivity contribution is 0.565. The third-order valence-corrected chi connectivity index (χ3v) is 6.61. The van der Waals surface area contributed by atoms with Crippen molar-refractivity contribution in [3.8, 4) is 11.3 Å². The van der Waals surface area contributed by atoms with Gasteiger partial charge in [0.1, 0.15) is 11.6 Å². The number of benzene rings is 2. The van der Waals surface area contributed by atoms with Crippen LogP contribution in [0.1, 0.15) is 35.7 Å². The van der Waals surface area contributed by atoms with Gasteiger partial charge in [-0.1, -0.05) is 50.4 Å². The van der Waals surface area contributed by atoms with Crippen LogP contribution in [-0.2, 0) is 6.54 Å². The minimum absolute atomic E-state index is 0.297. The van der Waals surface area contributed by atoms with Crippen molar-refractivity contribution in [2.24, 2.45) is 0 Å². The van der Waals surface area contributed by atoms with E-state index >= 15 is 0 Å². The molecule has 0 amide bonds. The molecular formula is C33H36F2N4. The van der Waals surface area contributed by atoms with Crippen LogP contribution < -0.4 is 5.32 Å². The fraction of sp³-hybridized carbons (Fsp3) is 0.212. The van der Waals surface area contributed by atoms with Crippen LogP contribution in [0.25, 0.3) is 28.1 Å². The van der Waals surface area contributed by atoms with Crippen LogP contribution in [0.15, 0.2) is 91.8 Å². The van der Waals surface area contributed by atoms with Crippen LogP contribution in [0.3, 0.4) is 0 Å². The summed E-state index contributed by atoms with van der Waals surface area (Å²) in [6.45, 7) is 12.2. The number of aromatic amines is 1. The predicted molar refractivity (Wildman–Crippen MR) is 159 cm³/mol. The first-order chi connectivity index (χ1) is 18.7. The van der Waals surface area contributed by atoms with Gasteiger partial charge in [0, 0.05) is 74.1 Å². The Bertz CT molecular complexity index is 1470. The Labute approximate surface area is 230 Å². The zero-order valence-corrected chi connectivity index (χ0v) is 23.1. The molecule has 0 saturated heterocycles. The molecule has 4 nitrogen and oxygen atoms in total. The van der Waals surface area contributed by atoms with E-state index in [1.165, 1.54) is 17.7 Å². The van der Waals surface area contributed by atoms with E-state index < -0.39 is 11.6 Å². The van der Waals surface area contributed by atoms with Crippen LogP contribution in [-0.4, -0.2) is 42.5 Å². The summed E-state index contributed by atoms with van der Waals surface area (Å²) in [6.07, 6.45) is 9.00. The van der Waals surface area contributed by atoms with E-state index in [0.717, 1.165) is 64.8 Å². The molecule has 6 heteroatoms. The Balaban J connectivity index is 1.85. The second-order valence-electron chi connectivity index (χ2n) is 9.90. The SMILES string of the molecule is C=C/C=C(C1=CN(C)C(=C)c2[nH]c(-c3ccc(F)cc3F)cc21)\C(=C/N(C)C)c1cccc(CNCCC)c1. The van der Waals surface area contributed by atoms with E-state index in [1.807, 2.05) is 49.3 Å². The van der Waals surface area contributed by atoms with Gasteiger partial charge < -0.3 is 20.1 Å². The van der Waals surface area contributed by atoms with E-state index in [-0.39, 0.29) is 0 Å². The molecule has 0 radical (unpaired) electrons. The molecular weight excluding hydrogens is 490 g/mol. The van der Waals surface area contributed by atoms with Crippen molar-refractivity contribution >= 4 is 16.8 Å². The highest BCUT2D eigenvalue weighted by atomic mass is 19.1. The lowest BCUT2D eigenvalue weighted by Gasteiger charge is -2.28. The number of H-pyrrole nitrogens is 1. The lowest BCUT2D eigenvalue weighted by Crippen LogP contribution is -2.16. The van der Waals surface area contributed by atoms with Gasteiger partial charge >= 0.3 is 0 Å². The third-order valence-electron chi connectivity index (χ3n) is 6.61. The number of halogens is 2. The van der Waals surface area contributed by atoms with Gasteiger partial charge in [0.2, 0.25) is 0 Å². The molecule has 0 bridgehead atoms. The summed E-state index contributed by atoms with van der Waals surface area (Å²) in [6, 6.07) is 14.0. The highest BCUT2D eigenvalue weighted by molar-refractivity contribution is 6.02. The average Bonchev–Trinajstić information content (AvgIpc) is 3.34. The zero-order valence-electron chi connectivity index (χ0n) is 23.1. The smallest absolute Gasteiger partial charge is 0.135 e. The predicted octanol–water partition coefficient (Wildman–Crippen LogP) is 7.43. The highest BCUT2D eigenvalue weighted by Crippen LogP contribution is 2.43. The molecule has 2 N–H and O–H groups in total. The monoisotopic (exact) mass is 526 g/mol. The lowest BCUT2D eigenvalue weighted by atomic mass is 9.86. The summed E-state index contributed by atoms with van der Waals surface area (Å²) in [4.78, 5) is 7.32. The van der Waals surface area contributed by atoms with Crippen LogP contribution in [0, 0.1) is 11.6 Å². The van der Waals surface area contributed by atoms with Crippen LogP contribution in [0.4, 0.5) is 8.78 Å². The van der Waals surface area contributed by atoms with Crippen LogP contribution in [0.5, 0.6) is 0 Å². The van der Waals surface area contributed by atoms with Gasteiger partial charge in [-0.05, 0) is 53.9 Å². The van der Waals surface area contributed by atoms with Crippen molar-refractivity contribution in [3.63, 3.8) is 0 Å². The Morgan fingerprint density at radius 2 is 1.87 bits per heavy atom. The van der Waals surface area contributed by atoms with E-state index in [0.29, 0.717) is 11.3 Å². The number of nitrogens with one attached hydrogen (secondary N) is 2. The van der Waals surface area contributed by atoms with E-state index in [9.17, 15) is 8.78 Å². The van der Waals surface area contributed by atoms with Gasteiger partial charge in [0.05, 0.1) is 11.4 Å². The molecule has 0 aliphatic carbocycles. The summed E-state index contributed by atoms with van der Waals surface area (Å²) >= 11 is 0. The second kappa shape index (κ2) is 12.1. The van der Waals surface area contributed by atoms with Gasteiger partial charge in [0.25, 0.3) is 0 Å². The maximum Gasteiger partial charge on any atom is 0.135 e. The summed E-state index contributed by atoms with van der Waals surface area (Å²) in [5, 5.41) is 3.48. The maximum absolute atomic E-state index is 14.7. The normalized spacial score (nSPS) is 13.8. The Morgan fingerprint density at radius 3 is 2.56 bits per heavy atom. The van der Waals surface area contributed by atoms with Gasteiger partial charge in [0.15, 0.2) is 0 Å². The topological polar surface area (TPSA) is 34.3 Å². The molecule has 1 aliphatic heterocycles. The van der Waals surface area contributed by atoms with Gasteiger partial charge in [-0.25, -0.2) is 8.78 Å². The molecule has 0 fully saturated rings. The summed E-state index contributed by atoms with van der Waals surface area (Å²) in [5.41, 5.74) is 8.46. The van der Waals surface area contributed by atoms with Crippen LogP contribution in [0.2, 0.25) is 0 Å². The summed E-state index contributed by atoms with van der Waals surface area (Å²) in [5.74, 6) is -1.24. The van der Waals surface area contributed by atoms with Crippen molar-refractivity contribution in [2.45, 2.75) is 19.9 Å². The minimum atomic E-state index is -0.623. The second-order valence-corrected chi connectivity index (χ2v) is 9.90. The summed E-state index contributed by atoms with van der Waals surface area (Å²) in [7, 11) is 5.93. The van der Waals surface area contributed by atoms with Gasteiger partial charge in [-0.3, -0.25) is 0 Å². The zero-order chi connectivity index (χ0) is 28.1. The van der Waals surface area contributed by atoms with Crippen LogP contribution >= 0.6 is 0 Å². The first-order valence-corrected chi connectivity index (χ1v) is 13.1. The number of fused-ring (bicyclic) bond motifs is 1. The molecule has 1 aliphatic rings. The molecule has 202 valence electrons. The molecule has 2 aromatic carbocycles. The number of allylic oxidation sites excluding steroid dienone is 5. The van der Waals surface area contributed by atoms with E-state index in [2.05, 4.69) is 60.8 Å². The first kappa shape index (κ1) is 27.9. The summed E-state index contributed by atoms with van der Waals surface area (Å²) < 4.78 is 28.4. The van der Waals surface area contributed by atoms with Crippen molar-refractivity contribution in [1.29, 1.82) is 0 Å². The molecule has 0 saturated carbocycles. The molecule has 4 rings (SSSR count). The van der Waals surface area contributed by atoms with E-state index in [4.69, 9.17) is 0 Å². The number of rotatable bonds is 10. The molecule has 0 spiro atoms. The van der Waals surface area contributed by atoms with Gasteiger partial charge in [-0.15, -0.1) is 0 Å².